The second kappa shape index (κ2) is 5.93. The van der Waals surface area contributed by atoms with E-state index in [1.54, 1.807) is 18.7 Å². The van der Waals surface area contributed by atoms with Crippen LogP contribution in [0, 0.1) is 0 Å². The molecule has 0 fully saturated rings. The Morgan fingerprint density at radius 2 is 2.03 bits per heavy atom. The number of aromatic nitrogens is 4. The van der Waals surface area contributed by atoms with Gasteiger partial charge in [0.25, 0.3) is 0 Å². The number of furan rings is 1. The van der Waals surface area contributed by atoms with E-state index in [0.717, 1.165) is 44.9 Å². The number of aromatic amines is 1. The average Bonchev–Trinajstić information content (AvgIpc) is 3.50. The molecule has 0 radical (unpaired) electrons. The minimum absolute atomic E-state index is 0.516. The van der Waals surface area contributed by atoms with Crippen LogP contribution in [0.3, 0.4) is 0 Å². The summed E-state index contributed by atoms with van der Waals surface area (Å²) in [5.41, 5.74) is 3.75. The summed E-state index contributed by atoms with van der Waals surface area (Å²) in [4.78, 5) is 11.9. The van der Waals surface area contributed by atoms with Crippen molar-refractivity contribution in [1.29, 1.82) is 0 Å². The first-order valence-electron chi connectivity index (χ1n) is 9.54. The number of nitrogens with one attached hydrogen (secondary N) is 1. The van der Waals surface area contributed by atoms with Crippen molar-refractivity contribution in [3.63, 3.8) is 0 Å². The molecule has 0 saturated carbocycles. The Morgan fingerprint density at radius 3 is 2.97 bits per heavy atom. The van der Waals surface area contributed by atoms with E-state index in [1.165, 1.54) is 0 Å². The fourth-order valence-electron chi connectivity index (χ4n) is 4.22. The predicted molar refractivity (Wildman–Crippen MR) is 109 cm³/mol. The third kappa shape index (κ3) is 2.53. The van der Waals surface area contributed by atoms with Crippen molar-refractivity contribution in [3.05, 3.63) is 84.9 Å². The van der Waals surface area contributed by atoms with Gasteiger partial charge < -0.3 is 19.1 Å². The van der Waals surface area contributed by atoms with Crippen LogP contribution in [0.2, 0.25) is 0 Å². The molecule has 0 spiro atoms. The first-order chi connectivity index (χ1) is 14.2. The van der Waals surface area contributed by atoms with Gasteiger partial charge >= 0.3 is 0 Å². The highest BCUT2D eigenvalue weighted by Crippen LogP contribution is 2.37. The molecule has 1 aromatic carbocycles. The third-order valence-corrected chi connectivity index (χ3v) is 5.73. The number of imidazole rings is 1. The molecule has 1 aliphatic heterocycles. The zero-order valence-electron chi connectivity index (χ0n) is 15.5. The van der Waals surface area contributed by atoms with Crippen molar-refractivity contribution in [2.75, 3.05) is 0 Å². The summed E-state index contributed by atoms with van der Waals surface area (Å²) in [7, 11) is 0. The topological polar surface area (TPSA) is 79.9 Å². The average molecular weight is 382 g/mol. The Bertz CT molecular complexity index is 1320. The maximum absolute atomic E-state index is 11.2. The lowest BCUT2D eigenvalue weighted by Crippen LogP contribution is -2.27. The largest absolute Gasteiger partial charge is 0.464 e. The molecule has 0 aliphatic carbocycles. The summed E-state index contributed by atoms with van der Waals surface area (Å²) >= 11 is 0. The van der Waals surface area contributed by atoms with Crippen molar-refractivity contribution in [1.82, 2.24) is 19.5 Å². The standard InChI is InChI=1S/C23H18N4O2/c28-23(11-21-24-7-8-27(21)14-23)17-4-1-3-15(9-17)16-10-20(29-13-16)19-12-26-22-18(19)5-2-6-25-22/h1-10,12-13,28H,11,14H2,(H,25,26)/t23-/m0/s1. The molecular formula is C23H18N4O2. The SMILES string of the molecule is O[C@@]1(c2cccc(-c3coc(-c4c[nH]c5ncccc45)c3)c2)Cc2nccn2C1. The highest BCUT2D eigenvalue weighted by atomic mass is 16.3. The van der Waals surface area contributed by atoms with E-state index >= 15 is 0 Å². The first kappa shape index (κ1) is 16.3. The summed E-state index contributed by atoms with van der Waals surface area (Å²) in [5.74, 6) is 1.70. The van der Waals surface area contributed by atoms with E-state index in [0.29, 0.717) is 13.0 Å². The first-order valence-corrected chi connectivity index (χ1v) is 9.54. The van der Waals surface area contributed by atoms with Crippen LogP contribution >= 0.6 is 0 Å². The summed E-state index contributed by atoms with van der Waals surface area (Å²) in [6.45, 7) is 0.519. The zero-order valence-corrected chi connectivity index (χ0v) is 15.5. The van der Waals surface area contributed by atoms with Gasteiger partial charge in [0.15, 0.2) is 0 Å². The van der Waals surface area contributed by atoms with E-state index in [9.17, 15) is 5.11 Å². The molecule has 4 aromatic heterocycles. The van der Waals surface area contributed by atoms with Crippen LogP contribution in [0.25, 0.3) is 33.5 Å². The summed E-state index contributed by atoms with van der Waals surface area (Å²) in [6, 6.07) is 14.0. The number of aliphatic hydroxyl groups is 1. The van der Waals surface area contributed by atoms with E-state index < -0.39 is 5.60 Å². The molecule has 0 unspecified atom stereocenters. The van der Waals surface area contributed by atoms with Crippen molar-refractivity contribution >= 4 is 11.0 Å². The van der Waals surface area contributed by atoms with E-state index in [-0.39, 0.29) is 0 Å². The molecule has 6 heteroatoms. The Kier molecular flexibility index (Phi) is 3.34. The lowest BCUT2D eigenvalue weighted by Gasteiger charge is -2.22. The number of hydrogen-bond acceptors (Lipinski definition) is 4. The molecule has 6 rings (SSSR count). The molecule has 2 N–H and O–H groups in total. The summed E-state index contributed by atoms with van der Waals surface area (Å²) in [6.07, 6.45) is 9.64. The van der Waals surface area contributed by atoms with Crippen molar-refractivity contribution in [2.24, 2.45) is 0 Å². The summed E-state index contributed by atoms with van der Waals surface area (Å²) in [5, 5.41) is 12.2. The van der Waals surface area contributed by atoms with Crippen LogP contribution in [0.4, 0.5) is 0 Å². The van der Waals surface area contributed by atoms with Gasteiger partial charge in [-0.3, -0.25) is 0 Å². The normalized spacial score (nSPS) is 18.4. The van der Waals surface area contributed by atoms with Gasteiger partial charge in [-0.15, -0.1) is 0 Å². The van der Waals surface area contributed by atoms with Crippen molar-refractivity contribution in [3.8, 4) is 22.5 Å². The maximum Gasteiger partial charge on any atom is 0.137 e. The fourth-order valence-corrected chi connectivity index (χ4v) is 4.22. The van der Waals surface area contributed by atoms with Gasteiger partial charge in [0.1, 0.15) is 22.8 Å². The predicted octanol–water partition coefficient (Wildman–Crippen LogP) is 4.13. The number of benzene rings is 1. The van der Waals surface area contributed by atoms with Gasteiger partial charge in [0.2, 0.25) is 0 Å². The van der Waals surface area contributed by atoms with Crippen LogP contribution in [-0.2, 0) is 18.6 Å². The van der Waals surface area contributed by atoms with Gasteiger partial charge in [-0.05, 0) is 35.4 Å². The maximum atomic E-state index is 11.2. The van der Waals surface area contributed by atoms with Crippen LogP contribution in [0.1, 0.15) is 11.4 Å². The minimum Gasteiger partial charge on any atom is -0.464 e. The molecule has 0 saturated heterocycles. The number of fused-ring (bicyclic) bond motifs is 2. The van der Waals surface area contributed by atoms with Crippen molar-refractivity contribution < 1.29 is 9.52 Å². The highest BCUT2D eigenvalue weighted by Gasteiger charge is 2.37. The third-order valence-electron chi connectivity index (χ3n) is 5.73. The lowest BCUT2D eigenvalue weighted by atomic mass is 9.90. The monoisotopic (exact) mass is 382 g/mol. The smallest absolute Gasteiger partial charge is 0.137 e. The Labute approximate surface area is 166 Å². The van der Waals surface area contributed by atoms with Gasteiger partial charge in [0, 0.05) is 47.7 Å². The van der Waals surface area contributed by atoms with E-state index in [2.05, 4.69) is 15.0 Å². The quantitative estimate of drug-likeness (QED) is 0.492. The zero-order chi connectivity index (χ0) is 19.4. The number of nitrogens with zero attached hydrogens (tertiary/aromatic N) is 3. The van der Waals surface area contributed by atoms with Crippen LogP contribution in [0.15, 0.2) is 77.9 Å². The number of H-pyrrole nitrogens is 1. The van der Waals surface area contributed by atoms with E-state index in [4.69, 9.17) is 4.42 Å². The molecule has 142 valence electrons. The molecular weight excluding hydrogens is 364 g/mol. The van der Waals surface area contributed by atoms with Crippen molar-refractivity contribution in [2.45, 2.75) is 18.6 Å². The molecule has 5 heterocycles. The van der Waals surface area contributed by atoms with Crippen LogP contribution in [-0.4, -0.2) is 24.6 Å². The van der Waals surface area contributed by atoms with Gasteiger partial charge in [-0.25, -0.2) is 9.97 Å². The Hall–Kier alpha value is -3.64. The number of hydrogen-bond donors (Lipinski definition) is 2. The van der Waals surface area contributed by atoms with Gasteiger partial charge in [0.05, 0.1) is 12.8 Å². The summed E-state index contributed by atoms with van der Waals surface area (Å²) < 4.78 is 7.88. The highest BCUT2D eigenvalue weighted by molar-refractivity contribution is 5.92. The second-order valence-corrected chi connectivity index (χ2v) is 7.56. The number of pyridine rings is 1. The minimum atomic E-state index is -0.936. The molecule has 1 aliphatic rings. The molecule has 0 amide bonds. The Balaban J connectivity index is 1.36. The Morgan fingerprint density at radius 1 is 1.07 bits per heavy atom. The van der Waals surface area contributed by atoms with Crippen LogP contribution < -0.4 is 0 Å². The molecule has 29 heavy (non-hydrogen) atoms. The molecule has 5 aromatic rings. The lowest BCUT2D eigenvalue weighted by molar-refractivity contribution is 0.0376. The molecule has 6 nitrogen and oxygen atoms in total. The van der Waals surface area contributed by atoms with Gasteiger partial charge in [-0.2, -0.15) is 0 Å². The van der Waals surface area contributed by atoms with Crippen LogP contribution in [0.5, 0.6) is 0 Å². The molecule has 1 atom stereocenters. The second-order valence-electron chi connectivity index (χ2n) is 7.56. The van der Waals surface area contributed by atoms with Gasteiger partial charge in [-0.1, -0.05) is 18.2 Å². The van der Waals surface area contributed by atoms with E-state index in [1.807, 2.05) is 59.4 Å². The number of rotatable bonds is 3. The molecule has 0 bridgehead atoms. The fraction of sp³-hybridized carbons (Fsp3) is 0.130.